The Balaban J connectivity index is 2.85. The summed E-state index contributed by atoms with van der Waals surface area (Å²) in [6, 6.07) is 3.72. The zero-order valence-corrected chi connectivity index (χ0v) is 9.57. The van der Waals surface area contributed by atoms with Gasteiger partial charge in [-0.25, -0.2) is 4.98 Å². The first-order valence-corrected chi connectivity index (χ1v) is 5.00. The third-order valence-corrected chi connectivity index (χ3v) is 2.15. The summed E-state index contributed by atoms with van der Waals surface area (Å²) in [5.41, 5.74) is 1.97. The van der Waals surface area contributed by atoms with Gasteiger partial charge >= 0.3 is 0 Å². The summed E-state index contributed by atoms with van der Waals surface area (Å²) in [4.78, 5) is 6.26. The van der Waals surface area contributed by atoms with Crippen molar-refractivity contribution in [1.82, 2.24) is 4.98 Å². The van der Waals surface area contributed by atoms with Gasteiger partial charge in [0, 0.05) is 19.8 Å². The van der Waals surface area contributed by atoms with Crippen LogP contribution in [-0.2, 0) is 0 Å². The van der Waals surface area contributed by atoms with E-state index in [0.717, 1.165) is 23.5 Å². The van der Waals surface area contributed by atoms with Crippen LogP contribution in [0.15, 0.2) is 30.5 Å². The third-order valence-electron chi connectivity index (χ3n) is 2.15. The van der Waals surface area contributed by atoms with Gasteiger partial charge in [0.1, 0.15) is 5.82 Å². The number of hydrogen-bond donors (Lipinski definition) is 1. The van der Waals surface area contributed by atoms with Crippen LogP contribution in [0, 0.1) is 0 Å². The van der Waals surface area contributed by atoms with E-state index in [1.165, 1.54) is 0 Å². The van der Waals surface area contributed by atoms with Crippen LogP contribution in [0.5, 0.6) is 0 Å². The summed E-state index contributed by atoms with van der Waals surface area (Å²) in [6.45, 7) is 8.36. The molecule has 1 atom stereocenters. The lowest BCUT2D eigenvalue weighted by atomic mass is 10.1. The normalized spacial score (nSPS) is 12.3. The molecule has 0 spiro atoms. The van der Waals surface area contributed by atoms with Gasteiger partial charge in [-0.15, -0.1) is 0 Å². The van der Waals surface area contributed by atoms with Gasteiger partial charge in [-0.05, 0) is 31.5 Å². The molecule has 0 bridgehead atoms. The number of aliphatic hydroxyl groups is 1. The van der Waals surface area contributed by atoms with E-state index >= 15 is 0 Å². The lowest BCUT2D eigenvalue weighted by Gasteiger charge is -2.19. The van der Waals surface area contributed by atoms with Gasteiger partial charge in [-0.1, -0.05) is 12.2 Å². The Bertz CT molecular complexity index is 347. The maximum atomic E-state index is 9.45. The second kappa shape index (κ2) is 4.94. The fraction of sp³-hybridized carbons (Fsp3) is 0.417. The molecule has 1 N–H and O–H groups in total. The van der Waals surface area contributed by atoms with E-state index in [0.29, 0.717) is 0 Å². The number of pyridine rings is 1. The Kier molecular flexibility index (Phi) is 3.86. The van der Waals surface area contributed by atoms with Crippen LogP contribution in [-0.4, -0.2) is 23.7 Å². The quantitative estimate of drug-likeness (QED) is 0.767. The predicted molar refractivity (Wildman–Crippen MR) is 63.0 cm³/mol. The Labute approximate surface area is 91.1 Å². The van der Waals surface area contributed by atoms with Crippen LogP contribution in [0.4, 0.5) is 5.82 Å². The zero-order valence-electron chi connectivity index (χ0n) is 9.57. The van der Waals surface area contributed by atoms with Crippen LogP contribution in [0.2, 0.25) is 0 Å². The SMILES string of the molecule is C=C(C)CN(C)c1cc([C@H](C)O)ccn1. The third kappa shape index (κ3) is 3.36. The molecule has 0 unspecified atom stereocenters. The molecule has 15 heavy (non-hydrogen) atoms. The van der Waals surface area contributed by atoms with Crippen molar-refractivity contribution >= 4 is 5.82 Å². The summed E-state index contributed by atoms with van der Waals surface area (Å²) < 4.78 is 0. The van der Waals surface area contributed by atoms with Gasteiger partial charge < -0.3 is 10.0 Å². The average Bonchev–Trinajstić information content (AvgIpc) is 2.17. The van der Waals surface area contributed by atoms with Crippen molar-refractivity contribution in [2.24, 2.45) is 0 Å². The zero-order chi connectivity index (χ0) is 11.4. The number of anilines is 1. The van der Waals surface area contributed by atoms with Crippen molar-refractivity contribution in [2.45, 2.75) is 20.0 Å². The second-order valence-electron chi connectivity index (χ2n) is 3.94. The van der Waals surface area contributed by atoms with E-state index in [4.69, 9.17) is 0 Å². The fourth-order valence-corrected chi connectivity index (χ4v) is 1.39. The first-order valence-electron chi connectivity index (χ1n) is 5.00. The Morgan fingerprint density at radius 3 is 2.87 bits per heavy atom. The number of rotatable bonds is 4. The molecule has 0 amide bonds. The molecule has 82 valence electrons. The molecule has 0 aromatic carbocycles. The van der Waals surface area contributed by atoms with E-state index in [2.05, 4.69) is 11.6 Å². The minimum atomic E-state index is -0.454. The highest BCUT2D eigenvalue weighted by Gasteiger charge is 2.06. The summed E-state index contributed by atoms with van der Waals surface area (Å²) >= 11 is 0. The minimum Gasteiger partial charge on any atom is -0.389 e. The molecule has 3 heteroatoms. The van der Waals surface area contributed by atoms with Crippen LogP contribution < -0.4 is 4.90 Å². The van der Waals surface area contributed by atoms with E-state index < -0.39 is 6.10 Å². The summed E-state index contributed by atoms with van der Waals surface area (Å²) in [6.07, 6.45) is 1.26. The fourth-order valence-electron chi connectivity index (χ4n) is 1.39. The van der Waals surface area contributed by atoms with Gasteiger partial charge in [-0.3, -0.25) is 0 Å². The molecule has 0 radical (unpaired) electrons. The topological polar surface area (TPSA) is 36.4 Å². The molecule has 0 aliphatic heterocycles. The maximum absolute atomic E-state index is 9.45. The van der Waals surface area contributed by atoms with E-state index in [1.807, 2.05) is 31.0 Å². The predicted octanol–water partition coefficient (Wildman–Crippen LogP) is 2.15. The molecule has 0 saturated carbocycles. The number of likely N-dealkylation sites (N-methyl/N-ethyl adjacent to an activating group) is 1. The van der Waals surface area contributed by atoms with Crippen molar-refractivity contribution in [2.75, 3.05) is 18.5 Å². The van der Waals surface area contributed by atoms with Gasteiger partial charge in [0.25, 0.3) is 0 Å². The summed E-state index contributed by atoms with van der Waals surface area (Å²) in [5, 5.41) is 9.45. The lowest BCUT2D eigenvalue weighted by Crippen LogP contribution is -2.20. The molecular formula is C12H18N2O. The van der Waals surface area contributed by atoms with Gasteiger partial charge in [0.15, 0.2) is 0 Å². The number of nitrogens with zero attached hydrogens (tertiary/aromatic N) is 2. The standard InChI is InChI=1S/C12H18N2O/c1-9(2)8-14(4)12-7-11(10(3)15)5-6-13-12/h5-7,10,15H,1,8H2,2-4H3/t10-/m0/s1. The highest BCUT2D eigenvalue weighted by atomic mass is 16.3. The Morgan fingerprint density at radius 1 is 1.67 bits per heavy atom. The highest BCUT2D eigenvalue weighted by molar-refractivity contribution is 5.41. The first kappa shape index (κ1) is 11.7. The first-order chi connectivity index (χ1) is 7.00. The van der Waals surface area contributed by atoms with Gasteiger partial charge in [-0.2, -0.15) is 0 Å². The number of hydrogen-bond acceptors (Lipinski definition) is 3. The highest BCUT2D eigenvalue weighted by Crippen LogP contribution is 2.17. The molecule has 0 aliphatic carbocycles. The van der Waals surface area contributed by atoms with Crippen LogP contribution in [0.1, 0.15) is 25.5 Å². The van der Waals surface area contributed by atoms with Crippen LogP contribution >= 0.6 is 0 Å². The molecule has 3 nitrogen and oxygen atoms in total. The molecule has 1 aromatic rings. The maximum Gasteiger partial charge on any atom is 0.128 e. The van der Waals surface area contributed by atoms with Crippen LogP contribution in [0.25, 0.3) is 0 Å². The molecule has 0 saturated heterocycles. The smallest absolute Gasteiger partial charge is 0.128 e. The largest absolute Gasteiger partial charge is 0.389 e. The molecule has 1 aromatic heterocycles. The molecule has 1 heterocycles. The summed E-state index contributed by atoms with van der Waals surface area (Å²) in [7, 11) is 1.96. The second-order valence-corrected chi connectivity index (χ2v) is 3.94. The van der Waals surface area contributed by atoms with Crippen LogP contribution in [0.3, 0.4) is 0 Å². The van der Waals surface area contributed by atoms with Crippen molar-refractivity contribution < 1.29 is 5.11 Å². The Hall–Kier alpha value is -1.35. The lowest BCUT2D eigenvalue weighted by molar-refractivity contribution is 0.199. The van der Waals surface area contributed by atoms with E-state index in [9.17, 15) is 5.11 Å². The molecule has 0 aliphatic rings. The van der Waals surface area contributed by atoms with Crippen molar-refractivity contribution in [3.05, 3.63) is 36.0 Å². The monoisotopic (exact) mass is 206 g/mol. The van der Waals surface area contributed by atoms with E-state index in [-0.39, 0.29) is 0 Å². The number of aromatic nitrogens is 1. The van der Waals surface area contributed by atoms with Crippen molar-refractivity contribution in [1.29, 1.82) is 0 Å². The Morgan fingerprint density at radius 2 is 2.33 bits per heavy atom. The molecule has 1 rings (SSSR count). The summed E-state index contributed by atoms with van der Waals surface area (Å²) in [5.74, 6) is 0.858. The average molecular weight is 206 g/mol. The van der Waals surface area contributed by atoms with Crippen molar-refractivity contribution in [3.63, 3.8) is 0 Å². The van der Waals surface area contributed by atoms with Crippen molar-refractivity contribution in [3.8, 4) is 0 Å². The molecular weight excluding hydrogens is 188 g/mol. The minimum absolute atomic E-state index is 0.454. The number of aliphatic hydroxyl groups excluding tert-OH is 1. The van der Waals surface area contributed by atoms with E-state index in [1.54, 1.807) is 13.1 Å². The van der Waals surface area contributed by atoms with Gasteiger partial charge in [0.2, 0.25) is 0 Å². The molecule has 0 fully saturated rings. The van der Waals surface area contributed by atoms with Gasteiger partial charge in [0.05, 0.1) is 6.10 Å².